The summed E-state index contributed by atoms with van der Waals surface area (Å²) in [5.41, 5.74) is 2.96. The number of hydrogen-bond donors (Lipinski definition) is 2. The fourth-order valence-corrected chi connectivity index (χ4v) is 4.47. The summed E-state index contributed by atoms with van der Waals surface area (Å²) in [5.74, 6) is 0.928. The normalized spacial score (nSPS) is 23.7. The van der Waals surface area contributed by atoms with E-state index in [0.717, 1.165) is 54.3 Å². The van der Waals surface area contributed by atoms with E-state index in [4.69, 9.17) is 4.74 Å². The van der Waals surface area contributed by atoms with E-state index in [1.165, 1.54) is 25.7 Å². The minimum atomic E-state index is 0.462. The maximum Gasteiger partial charge on any atom is 0.137 e. The first kappa shape index (κ1) is 17.6. The number of morpholine rings is 1. The molecule has 1 aromatic carbocycles. The van der Waals surface area contributed by atoms with Gasteiger partial charge in [0.05, 0.1) is 24.4 Å². The summed E-state index contributed by atoms with van der Waals surface area (Å²) in [6, 6.07) is 9.38. The van der Waals surface area contributed by atoms with Gasteiger partial charge in [0, 0.05) is 42.3 Å². The number of fused-ring (bicyclic) bond motifs is 1. The highest BCUT2D eigenvalue weighted by Crippen LogP contribution is 2.29. The molecule has 7 heteroatoms. The van der Waals surface area contributed by atoms with Crippen molar-refractivity contribution in [3.8, 4) is 11.3 Å². The monoisotopic (exact) mass is 378 g/mol. The number of anilines is 1. The molecule has 0 spiro atoms. The first-order valence-electron chi connectivity index (χ1n) is 10.2. The summed E-state index contributed by atoms with van der Waals surface area (Å²) in [6.45, 7) is 3.91. The van der Waals surface area contributed by atoms with Crippen LogP contribution in [0, 0.1) is 0 Å². The molecular weight excluding hydrogens is 352 g/mol. The summed E-state index contributed by atoms with van der Waals surface area (Å²) in [6.07, 6.45) is 8.31. The van der Waals surface area contributed by atoms with Crippen LogP contribution in [0.3, 0.4) is 0 Å². The van der Waals surface area contributed by atoms with Crippen molar-refractivity contribution < 1.29 is 4.74 Å². The molecule has 1 saturated carbocycles. The number of aromatic nitrogens is 4. The van der Waals surface area contributed by atoms with Gasteiger partial charge in [0.15, 0.2) is 0 Å². The zero-order valence-electron chi connectivity index (χ0n) is 16.0. The number of rotatable bonds is 4. The van der Waals surface area contributed by atoms with Gasteiger partial charge in [0.1, 0.15) is 12.1 Å². The van der Waals surface area contributed by atoms with Gasteiger partial charge in [0.2, 0.25) is 0 Å². The molecule has 2 aromatic heterocycles. The Bertz CT molecular complexity index is 914. The first-order chi connectivity index (χ1) is 13.9. The number of benzene rings is 1. The Morgan fingerprint density at radius 2 is 1.89 bits per heavy atom. The summed E-state index contributed by atoms with van der Waals surface area (Å²) in [4.78, 5) is 11.6. The maximum atomic E-state index is 5.49. The summed E-state index contributed by atoms with van der Waals surface area (Å²) < 4.78 is 5.49. The SMILES string of the molecule is c1nc(N[C@H]2CC[C@H](N3CCOCC3)CC2)c2cc(-c3cc[nH]n3)ccc2n1. The molecule has 0 radical (unpaired) electrons. The quantitative estimate of drug-likeness (QED) is 0.726. The largest absolute Gasteiger partial charge is 0.379 e. The molecule has 2 N–H and O–H groups in total. The predicted octanol–water partition coefficient (Wildman–Crippen LogP) is 3.08. The van der Waals surface area contributed by atoms with Gasteiger partial charge in [0.25, 0.3) is 0 Å². The van der Waals surface area contributed by atoms with Crippen LogP contribution in [-0.4, -0.2) is 63.5 Å². The smallest absolute Gasteiger partial charge is 0.137 e. The number of nitrogens with one attached hydrogen (secondary N) is 2. The molecule has 3 heterocycles. The van der Waals surface area contributed by atoms with Gasteiger partial charge in [-0.3, -0.25) is 10.00 Å². The Balaban J connectivity index is 1.30. The topological polar surface area (TPSA) is 79.0 Å². The minimum Gasteiger partial charge on any atom is -0.379 e. The standard InChI is InChI=1S/C21H26N6O/c1-6-20-18(13-15(1)19-7-8-24-26-19)21(23-14-22-20)25-16-2-4-17(5-3-16)27-9-11-28-12-10-27/h1,6-8,13-14,16-17H,2-5,9-12H2,(H,24,26)(H,22,23,25)/t16-,17-. The highest BCUT2D eigenvalue weighted by atomic mass is 16.5. The highest BCUT2D eigenvalue weighted by molar-refractivity contribution is 5.92. The van der Waals surface area contributed by atoms with Gasteiger partial charge in [-0.1, -0.05) is 6.07 Å². The number of hydrogen-bond acceptors (Lipinski definition) is 6. The van der Waals surface area contributed by atoms with Crippen molar-refractivity contribution in [1.29, 1.82) is 0 Å². The van der Waals surface area contributed by atoms with Crippen molar-refractivity contribution in [3.63, 3.8) is 0 Å². The van der Waals surface area contributed by atoms with Gasteiger partial charge in [-0.2, -0.15) is 5.10 Å². The van der Waals surface area contributed by atoms with E-state index in [1.54, 1.807) is 6.33 Å². The Morgan fingerprint density at radius 1 is 1.04 bits per heavy atom. The Hall–Kier alpha value is -2.51. The van der Waals surface area contributed by atoms with Gasteiger partial charge in [-0.15, -0.1) is 0 Å². The molecular formula is C21H26N6O. The van der Waals surface area contributed by atoms with E-state index in [1.807, 2.05) is 18.3 Å². The lowest BCUT2D eigenvalue weighted by molar-refractivity contribution is 0.00791. The third-order valence-electron chi connectivity index (χ3n) is 6.03. The second kappa shape index (κ2) is 7.85. The van der Waals surface area contributed by atoms with E-state index < -0.39 is 0 Å². The van der Waals surface area contributed by atoms with Gasteiger partial charge in [-0.25, -0.2) is 9.97 Å². The Morgan fingerprint density at radius 3 is 2.68 bits per heavy atom. The average Bonchev–Trinajstić information content (AvgIpc) is 3.30. The molecule has 1 aliphatic heterocycles. The van der Waals surface area contributed by atoms with Crippen molar-refractivity contribution in [1.82, 2.24) is 25.1 Å². The van der Waals surface area contributed by atoms with Crippen molar-refractivity contribution in [2.24, 2.45) is 0 Å². The van der Waals surface area contributed by atoms with Crippen LogP contribution in [-0.2, 0) is 4.74 Å². The van der Waals surface area contributed by atoms with Crippen LogP contribution in [0.4, 0.5) is 5.82 Å². The van der Waals surface area contributed by atoms with Gasteiger partial charge >= 0.3 is 0 Å². The molecule has 2 fully saturated rings. The molecule has 2 aliphatic rings. The number of H-pyrrole nitrogens is 1. The summed E-state index contributed by atoms with van der Waals surface area (Å²) in [5, 5.41) is 11.9. The second-order valence-electron chi connectivity index (χ2n) is 7.71. The van der Waals surface area contributed by atoms with Crippen LogP contribution in [0.2, 0.25) is 0 Å². The van der Waals surface area contributed by atoms with Crippen LogP contribution in [0.25, 0.3) is 22.2 Å². The molecule has 1 saturated heterocycles. The van der Waals surface area contributed by atoms with Gasteiger partial charge < -0.3 is 10.1 Å². The van der Waals surface area contributed by atoms with Crippen LogP contribution in [0.5, 0.6) is 0 Å². The fourth-order valence-electron chi connectivity index (χ4n) is 4.47. The zero-order chi connectivity index (χ0) is 18.8. The molecule has 0 amide bonds. The second-order valence-corrected chi connectivity index (χ2v) is 7.71. The number of nitrogens with zero attached hydrogens (tertiary/aromatic N) is 4. The van der Waals surface area contributed by atoms with Crippen LogP contribution < -0.4 is 5.32 Å². The van der Waals surface area contributed by atoms with Crippen molar-refractivity contribution >= 4 is 16.7 Å². The molecule has 0 bridgehead atoms. The number of ether oxygens (including phenoxy) is 1. The Labute approximate surface area is 164 Å². The average molecular weight is 378 g/mol. The van der Waals surface area contributed by atoms with Crippen molar-refractivity contribution in [2.75, 3.05) is 31.6 Å². The predicted molar refractivity (Wildman–Crippen MR) is 109 cm³/mol. The molecule has 0 atom stereocenters. The van der Waals surface area contributed by atoms with Crippen LogP contribution >= 0.6 is 0 Å². The number of aromatic amines is 1. The molecule has 7 nitrogen and oxygen atoms in total. The van der Waals surface area contributed by atoms with Crippen LogP contribution in [0.1, 0.15) is 25.7 Å². The molecule has 0 unspecified atom stereocenters. The molecule has 5 rings (SSSR count). The Kier molecular flexibility index (Phi) is 4.93. The molecule has 1 aliphatic carbocycles. The third kappa shape index (κ3) is 3.59. The van der Waals surface area contributed by atoms with E-state index in [0.29, 0.717) is 12.1 Å². The van der Waals surface area contributed by atoms with Crippen molar-refractivity contribution in [2.45, 2.75) is 37.8 Å². The third-order valence-corrected chi connectivity index (χ3v) is 6.03. The first-order valence-corrected chi connectivity index (χ1v) is 10.2. The van der Waals surface area contributed by atoms with E-state index in [9.17, 15) is 0 Å². The van der Waals surface area contributed by atoms with Crippen molar-refractivity contribution in [3.05, 3.63) is 36.8 Å². The zero-order valence-corrected chi connectivity index (χ0v) is 16.0. The van der Waals surface area contributed by atoms with Gasteiger partial charge in [-0.05, 0) is 43.9 Å². The van der Waals surface area contributed by atoms with E-state index >= 15 is 0 Å². The summed E-state index contributed by atoms with van der Waals surface area (Å²) in [7, 11) is 0. The fraction of sp³-hybridized carbons (Fsp3) is 0.476. The van der Waals surface area contributed by atoms with Crippen LogP contribution in [0.15, 0.2) is 36.8 Å². The lowest BCUT2D eigenvalue weighted by Gasteiger charge is -2.39. The highest BCUT2D eigenvalue weighted by Gasteiger charge is 2.27. The molecule has 28 heavy (non-hydrogen) atoms. The summed E-state index contributed by atoms with van der Waals surface area (Å²) >= 11 is 0. The van der Waals surface area contributed by atoms with E-state index in [-0.39, 0.29) is 0 Å². The lowest BCUT2D eigenvalue weighted by atomic mass is 9.90. The maximum absolute atomic E-state index is 5.49. The molecule has 146 valence electrons. The van der Waals surface area contributed by atoms with E-state index in [2.05, 4.69) is 42.5 Å². The molecule has 3 aromatic rings. The minimum absolute atomic E-state index is 0.462. The lowest BCUT2D eigenvalue weighted by Crippen LogP contribution is -2.46.